The van der Waals surface area contributed by atoms with E-state index in [0.29, 0.717) is 11.7 Å². The topological polar surface area (TPSA) is 37.4 Å². The van der Waals surface area contributed by atoms with Gasteiger partial charge in [0, 0.05) is 32.4 Å². The molecule has 0 aromatic carbocycles. The molecule has 0 N–H and O–H groups in total. The minimum absolute atomic E-state index is 0.335. The van der Waals surface area contributed by atoms with E-state index in [2.05, 4.69) is 6.92 Å². The molecule has 0 aromatic rings. The van der Waals surface area contributed by atoms with Crippen LogP contribution in [0.2, 0.25) is 0 Å². The standard InChI is InChI=1S/C20H37NO2/c1-2-3-4-5-6-9-14-19(22)15-10-7-12-17-21-18-13-8-11-16-20(21)23/h2-18H2,1H3. The fourth-order valence-electron chi connectivity index (χ4n) is 3.30. The summed E-state index contributed by atoms with van der Waals surface area (Å²) in [6.45, 7) is 4.06. The Morgan fingerprint density at radius 3 is 2.26 bits per heavy atom. The summed E-state index contributed by atoms with van der Waals surface area (Å²) in [5, 5.41) is 0. The smallest absolute Gasteiger partial charge is 0.222 e. The zero-order valence-electron chi connectivity index (χ0n) is 15.3. The first-order valence-corrected chi connectivity index (χ1v) is 10.0. The maximum Gasteiger partial charge on any atom is 0.222 e. The molecule has 0 aliphatic carbocycles. The molecule has 0 bridgehead atoms. The number of carbonyl (C=O) groups is 2. The van der Waals surface area contributed by atoms with Crippen LogP contribution in [-0.2, 0) is 9.59 Å². The second-order valence-corrected chi connectivity index (χ2v) is 7.06. The number of likely N-dealkylation sites (tertiary alicyclic amines) is 1. The normalized spacial score (nSPS) is 15.7. The van der Waals surface area contributed by atoms with Crippen LogP contribution in [0, 0.1) is 0 Å². The van der Waals surface area contributed by atoms with Crippen molar-refractivity contribution in [3.05, 3.63) is 0 Å². The van der Waals surface area contributed by atoms with E-state index in [4.69, 9.17) is 0 Å². The van der Waals surface area contributed by atoms with Gasteiger partial charge in [-0.05, 0) is 32.1 Å². The van der Waals surface area contributed by atoms with Crippen LogP contribution in [0.15, 0.2) is 0 Å². The number of hydrogen-bond donors (Lipinski definition) is 0. The van der Waals surface area contributed by atoms with Crippen molar-refractivity contribution < 1.29 is 9.59 Å². The maximum atomic E-state index is 11.9. The molecule has 1 rings (SSSR count). The molecule has 3 nitrogen and oxygen atoms in total. The Hall–Kier alpha value is -0.860. The average Bonchev–Trinajstić information content (AvgIpc) is 2.75. The van der Waals surface area contributed by atoms with Crippen LogP contribution < -0.4 is 0 Å². The van der Waals surface area contributed by atoms with Gasteiger partial charge in [0.2, 0.25) is 5.91 Å². The molecular formula is C20H37NO2. The number of hydrogen-bond acceptors (Lipinski definition) is 2. The van der Waals surface area contributed by atoms with E-state index in [1.165, 1.54) is 38.5 Å². The van der Waals surface area contributed by atoms with Crippen molar-refractivity contribution in [3.63, 3.8) is 0 Å². The summed E-state index contributed by atoms with van der Waals surface area (Å²) in [7, 11) is 0. The van der Waals surface area contributed by atoms with Crippen molar-refractivity contribution in [3.8, 4) is 0 Å². The Morgan fingerprint density at radius 1 is 0.870 bits per heavy atom. The Bertz CT molecular complexity index is 328. The van der Waals surface area contributed by atoms with Gasteiger partial charge in [0.15, 0.2) is 0 Å². The van der Waals surface area contributed by atoms with Gasteiger partial charge in [0.25, 0.3) is 0 Å². The largest absolute Gasteiger partial charge is 0.343 e. The minimum Gasteiger partial charge on any atom is -0.343 e. The fraction of sp³-hybridized carbons (Fsp3) is 0.900. The molecular weight excluding hydrogens is 286 g/mol. The number of unbranched alkanes of at least 4 members (excludes halogenated alkanes) is 7. The highest BCUT2D eigenvalue weighted by atomic mass is 16.2. The Labute approximate surface area is 143 Å². The van der Waals surface area contributed by atoms with Gasteiger partial charge in [0.1, 0.15) is 5.78 Å². The van der Waals surface area contributed by atoms with Crippen molar-refractivity contribution in [2.75, 3.05) is 13.1 Å². The number of carbonyl (C=O) groups excluding carboxylic acids is 2. The van der Waals surface area contributed by atoms with Crippen LogP contribution >= 0.6 is 0 Å². The lowest BCUT2D eigenvalue weighted by molar-refractivity contribution is -0.130. The zero-order chi connectivity index (χ0) is 16.8. The van der Waals surface area contributed by atoms with Gasteiger partial charge in [0.05, 0.1) is 0 Å². The second kappa shape index (κ2) is 13.6. The molecule has 1 aliphatic heterocycles. The first-order chi connectivity index (χ1) is 11.2. The van der Waals surface area contributed by atoms with Crippen LogP contribution in [0.25, 0.3) is 0 Å². The molecule has 1 heterocycles. The monoisotopic (exact) mass is 323 g/mol. The SMILES string of the molecule is CCCCCCCCC(=O)CCCCCN1CCCCCC1=O. The molecule has 1 saturated heterocycles. The van der Waals surface area contributed by atoms with Crippen LogP contribution in [0.5, 0.6) is 0 Å². The van der Waals surface area contributed by atoms with Crippen molar-refractivity contribution in [2.45, 2.75) is 103 Å². The van der Waals surface area contributed by atoms with Gasteiger partial charge in [-0.25, -0.2) is 0 Å². The quantitative estimate of drug-likeness (QED) is 0.433. The maximum absolute atomic E-state index is 11.9. The molecule has 0 unspecified atom stereocenters. The number of rotatable bonds is 13. The molecule has 0 radical (unpaired) electrons. The third-order valence-corrected chi connectivity index (χ3v) is 4.86. The molecule has 23 heavy (non-hydrogen) atoms. The zero-order valence-corrected chi connectivity index (χ0v) is 15.3. The minimum atomic E-state index is 0.335. The van der Waals surface area contributed by atoms with E-state index in [9.17, 15) is 9.59 Å². The fourth-order valence-corrected chi connectivity index (χ4v) is 3.30. The molecule has 1 amide bonds. The van der Waals surface area contributed by atoms with Gasteiger partial charge in [-0.1, -0.05) is 51.9 Å². The number of Topliss-reactive ketones (excluding diaryl/α,β-unsaturated/α-hetero) is 1. The third-order valence-electron chi connectivity index (χ3n) is 4.86. The van der Waals surface area contributed by atoms with Crippen molar-refractivity contribution in [1.29, 1.82) is 0 Å². The molecule has 1 fully saturated rings. The lowest BCUT2D eigenvalue weighted by Gasteiger charge is -2.20. The van der Waals surface area contributed by atoms with Gasteiger partial charge in [-0.3, -0.25) is 9.59 Å². The Morgan fingerprint density at radius 2 is 1.52 bits per heavy atom. The molecule has 1 aliphatic rings. The van der Waals surface area contributed by atoms with Crippen molar-refractivity contribution in [1.82, 2.24) is 4.90 Å². The summed E-state index contributed by atoms with van der Waals surface area (Å²) in [5.74, 6) is 0.771. The van der Waals surface area contributed by atoms with Gasteiger partial charge < -0.3 is 4.90 Å². The molecule has 0 atom stereocenters. The number of nitrogens with zero attached hydrogens (tertiary/aromatic N) is 1. The first-order valence-electron chi connectivity index (χ1n) is 10.0. The summed E-state index contributed by atoms with van der Waals surface area (Å²) in [6.07, 6.45) is 16.3. The predicted molar refractivity (Wildman–Crippen MR) is 96.5 cm³/mol. The van der Waals surface area contributed by atoms with Gasteiger partial charge in [-0.15, -0.1) is 0 Å². The van der Waals surface area contributed by atoms with Gasteiger partial charge in [-0.2, -0.15) is 0 Å². The predicted octanol–water partition coefficient (Wildman–Crippen LogP) is 5.27. The van der Waals surface area contributed by atoms with Crippen molar-refractivity contribution in [2.24, 2.45) is 0 Å². The van der Waals surface area contributed by atoms with E-state index < -0.39 is 0 Å². The summed E-state index contributed by atoms with van der Waals surface area (Å²) in [6, 6.07) is 0. The average molecular weight is 324 g/mol. The van der Waals surface area contributed by atoms with Gasteiger partial charge >= 0.3 is 0 Å². The third kappa shape index (κ3) is 10.5. The number of amides is 1. The molecule has 0 aromatic heterocycles. The highest BCUT2D eigenvalue weighted by Crippen LogP contribution is 2.13. The van der Waals surface area contributed by atoms with E-state index in [1.807, 2.05) is 4.90 Å². The highest BCUT2D eigenvalue weighted by molar-refractivity contribution is 5.78. The summed E-state index contributed by atoms with van der Waals surface area (Å²) >= 11 is 0. The highest BCUT2D eigenvalue weighted by Gasteiger charge is 2.15. The van der Waals surface area contributed by atoms with E-state index in [1.54, 1.807) is 0 Å². The molecule has 3 heteroatoms. The first kappa shape index (κ1) is 20.2. The van der Waals surface area contributed by atoms with Crippen LogP contribution in [0.3, 0.4) is 0 Å². The van der Waals surface area contributed by atoms with E-state index in [0.717, 1.165) is 70.9 Å². The molecule has 0 saturated carbocycles. The van der Waals surface area contributed by atoms with E-state index >= 15 is 0 Å². The Kier molecular flexibility index (Phi) is 11.9. The summed E-state index contributed by atoms with van der Waals surface area (Å²) in [5.41, 5.74) is 0. The summed E-state index contributed by atoms with van der Waals surface area (Å²) < 4.78 is 0. The molecule has 134 valence electrons. The van der Waals surface area contributed by atoms with Crippen LogP contribution in [-0.4, -0.2) is 29.7 Å². The van der Waals surface area contributed by atoms with Crippen LogP contribution in [0.1, 0.15) is 103 Å². The van der Waals surface area contributed by atoms with Crippen molar-refractivity contribution >= 4 is 11.7 Å². The van der Waals surface area contributed by atoms with E-state index in [-0.39, 0.29) is 0 Å². The second-order valence-electron chi connectivity index (χ2n) is 7.06. The lowest BCUT2D eigenvalue weighted by atomic mass is 10.0. The number of ketones is 1. The molecule has 0 spiro atoms. The Balaban J connectivity index is 1.93. The van der Waals surface area contributed by atoms with Crippen LogP contribution in [0.4, 0.5) is 0 Å². The lowest BCUT2D eigenvalue weighted by Crippen LogP contribution is -2.31. The summed E-state index contributed by atoms with van der Waals surface area (Å²) in [4.78, 5) is 25.7.